The summed E-state index contributed by atoms with van der Waals surface area (Å²) in [5.41, 5.74) is 2.90. The molecule has 0 unspecified atom stereocenters. The highest BCUT2D eigenvalue weighted by atomic mass is 127. The van der Waals surface area contributed by atoms with Crippen molar-refractivity contribution in [2.45, 2.75) is 33.7 Å². The lowest BCUT2D eigenvalue weighted by Gasteiger charge is -2.37. The average molecular weight is 431 g/mol. The summed E-state index contributed by atoms with van der Waals surface area (Å²) in [6.45, 7) is 10.7. The number of rotatable bonds is 6. The van der Waals surface area contributed by atoms with Crippen molar-refractivity contribution < 1.29 is 4.74 Å². The zero-order valence-corrected chi connectivity index (χ0v) is 17.1. The normalized spacial score (nSPS) is 16.3. The van der Waals surface area contributed by atoms with Crippen molar-refractivity contribution in [3.8, 4) is 0 Å². The molecule has 1 aliphatic rings. The van der Waals surface area contributed by atoms with Crippen molar-refractivity contribution in [3.05, 3.63) is 35.4 Å². The predicted molar refractivity (Wildman–Crippen MR) is 108 cm³/mol. The average Bonchev–Trinajstić information content (AvgIpc) is 2.50. The van der Waals surface area contributed by atoms with Crippen molar-refractivity contribution >= 4 is 29.9 Å². The van der Waals surface area contributed by atoms with Crippen molar-refractivity contribution in [1.82, 2.24) is 10.2 Å². The van der Waals surface area contributed by atoms with Gasteiger partial charge in [-0.2, -0.15) is 0 Å². The summed E-state index contributed by atoms with van der Waals surface area (Å²) in [5, 5.41) is 3.38. The zero-order valence-electron chi connectivity index (χ0n) is 14.8. The molecular formula is C18H30IN3O. The molecule has 0 aliphatic carbocycles. The largest absolute Gasteiger partial charge is 0.380 e. The highest BCUT2D eigenvalue weighted by Gasteiger charge is 2.33. The number of aryl methyl sites for hydroxylation is 1. The van der Waals surface area contributed by atoms with E-state index in [1.54, 1.807) is 0 Å². The summed E-state index contributed by atoms with van der Waals surface area (Å²) in [5.74, 6) is 0.968. The Bertz CT molecular complexity index is 497. The molecule has 130 valence electrons. The lowest BCUT2D eigenvalue weighted by molar-refractivity contribution is -0.0946. The van der Waals surface area contributed by atoms with Gasteiger partial charge in [0.25, 0.3) is 0 Å². The number of nitrogens with zero attached hydrogens (tertiary/aromatic N) is 2. The number of ether oxygens (including phenoxy) is 1. The van der Waals surface area contributed by atoms with Crippen LogP contribution in [0, 0.1) is 5.41 Å². The molecule has 1 aliphatic heterocycles. The van der Waals surface area contributed by atoms with E-state index in [9.17, 15) is 0 Å². The molecule has 0 spiro atoms. The molecule has 1 N–H and O–H groups in total. The molecule has 1 fully saturated rings. The van der Waals surface area contributed by atoms with E-state index < -0.39 is 0 Å². The first kappa shape index (κ1) is 20.2. The second-order valence-electron chi connectivity index (χ2n) is 6.50. The zero-order chi connectivity index (χ0) is 16.0. The fourth-order valence-corrected chi connectivity index (χ4v) is 2.51. The Morgan fingerprint density at radius 3 is 2.30 bits per heavy atom. The van der Waals surface area contributed by atoms with Crippen molar-refractivity contribution in [1.29, 1.82) is 0 Å². The summed E-state index contributed by atoms with van der Waals surface area (Å²) in [7, 11) is 2.09. The standard InChI is InChI=1S/C18H29N3O.HI/c1-5-15-7-9-16(10-8-15)11-21(4)17(19-6-2)20-12-18(3)13-22-14-18;/h7-10H,5-6,11-14H2,1-4H3,(H,19,20);1H. The molecule has 1 aromatic carbocycles. The Labute approximate surface area is 157 Å². The fourth-order valence-electron chi connectivity index (χ4n) is 2.51. The molecule has 1 heterocycles. The molecule has 0 bridgehead atoms. The lowest BCUT2D eigenvalue weighted by atomic mass is 9.89. The SMILES string of the molecule is CCNC(=NCC1(C)COC1)N(C)Cc1ccc(CC)cc1.I. The number of guanidine groups is 1. The van der Waals surface area contributed by atoms with E-state index in [-0.39, 0.29) is 29.4 Å². The van der Waals surface area contributed by atoms with Crippen LogP contribution in [0.5, 0.6) is 0 Å². The van der Waals surface area contributed by atoms with Crippen LogP contribution < -0.4 is 5.32 Å². The minimum atomic E-state index is 0. The van der Waals surface area contributed by atoms with E-state index in [0.29, 0.717) is 0 Å². The van der Waals surface area contributed by atoms with Crippen LogP contribution in [0.15, 0.2) is 29.3 Å². The molecule has 0 atom stereocenters. The summed E-state index contributed by atoms with van der Waals surface area (Å²) in [6.07, 6.45) is 1.08. The van der Waals surface area contributed by atoms with Gasteiger partial charge < -0.3 is 15.0 Å². The van der Waals surface area contributed by atoms with Gasteiger partial charge in [0.2, 0.25) is 0 Å². The second kappa shape index (κ2) is 9.47. The van der Waals surface area contributed by atoms with Crippen molar-refractivity contribution in [2.75, 3.05) is 33.4 Å². The molecule has 0 radical (unpaired) electrons. The summed E-state index contributed by atoms with van der Waals surface area (Å²) >= 11 is 0. The van der Waals surface area contributed by atoms with Gasteiger partial charge in [0.1, 0.15) is 0 Å². The van der Waals surface area contributed by atoms with Gasteiger partial charge in [0, 0.05) is 25.6 Å². The molecule has 2 rings (SSSR count). The molecule has 23 heavy (non-hydrogen) atoms. The van der Waals surface area contributed by atoms with E-state index in [4.69, 9.17) is 9.73 Å². The number of aliphatic imine (C=N–C) groups is 1. The van der Waals surface area contributed by atoms with Gasteiger partial charge in [-0.05, 0) is 24.5 Å². The minimum Gasteiger partial charge on any atom is -0.380 e. The molecule has 5 heteroatoms. The Balaban J connectivity index is 0.00000264. The Morgan fingerprint density at radius 2 is 1.83 bits per heavy atom. The van der Waals surface area contributed by atoms with Crippen LogP contribution in [0.1, 0.15) is 31.9 Å². The van der Waals surface area contributed by atoms with E-state index in [2.05, 4.69) is 62.3 Å². The third-order valence-electron chi connectivity index (χ3n) is 4.06. The molecule has 1 saturated heterocycles. The molecule has 0 saturated carbocycles. The highest BCUT2D eigenvalue weighted by Crippen LogP contribution is 2.26. The monoisotopic (exact) mass is 431 g/mol. The molecule has 0 aromatic heterocycles. The van der Waals surface area contributed by atoms with E-state index >= 15 is 0 Å². The lowest BCUT2D eigenvalue weighted by Crippen LogP contribution is -2.44. The van der Waals surface area contributed by atoms with Gasteiger partial charge in [-0.1, -0.05) is 38.1 Å². The van der Waals surface area contributed by atoms with E-state index in [1.165, 1.54) is 11.1 Å². The third-order valence-corrected chi connectivity index (χ3v) is 4.06. The smallest absolute Gasteiger partial charge is 0.193 e. The fraction of sp³-hybridized carbons (Fsp3) is 0.611. The second-order valence-corrected chi connectivity index (χ2v) is 6.50. The van der Waals surface area contributed by atoms with Crippen LogP contribution >= 0.6 is 24.0 Å². The summed E-state index contributed by atoms with van der Waals surface area (Å²) in [4.78, 5) is 6.98. The highest BCUT2D eigenvalue weighted by molar-refractivity contribution is 14.0. The third kappa shape index (κ3) is 5.95. The van der Waals surface area contributed by atoms with Crippen LogP contribution in [0.2, 0.25) is 0 Å². The maximum Gasteiger partial charge on any atom is 0.193 e. The summed E-state index contributed by atoms with van der Waals surface area (Å²) in [6, 6.07) is 8.83. The van der Waals surface area contributed by atoms with Crippen LogP contribution in [-0.2, 0) is 17.7 Å². The van der Waals surface area contributed by atoms with Crippen LogP contribution in [0.4, 0.5) is 0 Å². The molecular weight excluding hydrogens is 401 g/mol. The van der Waals surface area contributed by atoms with Crippen molar-refractivity contribution in [3.63, 3.8) is 0 Å². The van der Waals surface area contributed by atoms with Gasteiger partial charge >= 0.3 is 0 Å². The first-order valence-corrected chi connectivity index (χ1v) is 8.21. The first-order valence-electron chi connectivity index (χ1n) is 8.21. The number of benzene rings is 1. The minimum absolute atomic E-state index is 0. The number of nitrogens with one attached hydrogen (secondary N) is 1. The maximum atomic E-state index is 5.30. The quantitative estimate of drug-likeness (QED) is 0.427. The van der Waals surface area contributed by atoms with Crippen LogP contribution in [-0.4, -0.2) is 44.2 Å². The topological polar surface area (TPSA) is 36.9 Å². The maximum absolute atomic E-state index is 5.30. The Hall–Kier alpha value is -0.820. The predicted octanol–water partition coefficient (Wildman–Crippen LogP) is 3.30. The summed E-state index contributed by atoms with van der Waals surface area (Å²) < 4.78 is 5.30. The Kier molecular flexibility index (Phi) is 8.33. The van der Waals surface area contributed by atoms with Gasteiger partial charge in [0.15, 0.2) is 5.96 Å². The number of halogens is 1. The molecule has 0 amide bonds. The number of hydrogen-bond acceptors (Lipinski definition) is 2. The van der Waals surface area contributed by atoms with E-state index in [0.717, 1.165) is 45.2 Å². The van der Waals surface area contributed by atoms with Crippen molar-refractivity contribution in [2.24, 2.45) is 10.4 Å². The van der Waals surface area contributed by atoms with Gasteiger partial charge in [-0.3, -0.25) is 4.99 Å². The van der Waals surface area contributed by atoms with Gasteiger partial charge in [-0.25, -0.2) is 0 Å². The van der Waals surface area contributed by atoms with Gasteiger partial charge in [0.05, 0.1) is 19.8 Å². The first-order chi connectivity index (χ1) is 10.6. The van der Waals surface area contributed by atoms with Crippen LogP contribution in [0.3, 0.4) is 0 Å². The molecule has 4 nitrogen and oxygen atoms in total. The number of hydrogen-bond donors (Lipinski definition) is 1. The molecule has 1 aromatic rings. The Morgan fingerprint density at radius 1 is 1.22 bits per heavy atom. The van der Waals surface area contributed by atoms with Gasteiger partial charge in [-0.15, -0.1) is 24.0 Å². The van der Waals surface area contributed by atoms with E-state index in [1.807, 2.05) is 0 Å². The van der Waals surface area contributed by atoms with Crippen LogP contribution in [0.25, 0.3) is 0 Å².